The Kier molecular flexibility index (Phi) is 2.32. The molecular formula is C8H14O3. The second-order valence-corrected chi connectivity index (χ2v) is 3.05. The summed E-state index contributed by atoms with van der Waals surface area (Å²) >= 11 is 0. The van der Waals surface area contributed by atoms with E-state index in [0.717, 1.165) is 0 Å². The molecule has 1 saturated heterocycles. The lowest BCUT2D eigenvalue weighted by atomic mass is 9.92. The number of ether oxygens (including phenoxy) is 1. The third kappa shape index (κ3) is 1.20. The summed E-state index contributed by atoms with van der Waals surface area (Å²) in [6.45, 7) is 5.68. The van der Waals surface area contributed by atoms with Gasteiger partial charge >= 0.3 is 0 Å². The Morgan fingerprint density at radius 3 is 2.64 bits per heavy atom. The summed E-state index contributed by atoms with van der Waals surface area (Å²) in [6.07, 6.45) is 0.839. The van der Waals surface area contributed by atoms with Crippen LogP contribution < -0.4 is 0 Å². The average molecular weight is 158 g/mol. The molecule has 0 radical (unpaired) electrons. The largest absolute Gasteiger partial charge is 0.393 e. The minimum atomic E-state index is -0.917. The molecule has 3 atom stereocenters. The van der Waals surface area contributed by atoms with Crippen LogP contribution in [0.1, 0.15) is 6.92 Å². The summed E-state index contributed by atoms with van der Waals surface area (Å²) in [5.74, 6) is 0.0696. The van der Waals surface area contributed by atoms with E-state index >= 15 is 0 Å². The standard InChI is InChI=1S/C8H14O3/c1-3-8(5-9)7(10)6(2)4-11-8/h3,6-7,9-10H,1,4-5H2,2H3. The van der Waals surface area contributed by atoms with E-state index in [1.54, 1.807) is 0 Å². The van der Waals surface area contributed by atoms with Gasteiger partial charge in [-0.2, -0.15) is 0 Å². The van der Waals surface area contributed by atoms with Gasteiger partial charge in [-0.05, 0) is 0 Å². The molecule has 1 fully saturated rings. The van der Waals surface area contributed by atoms with E-state index in [9.17, 15) is 5.11 Å². The van der Waals surface area contributed by atoms with Crippen LogP contribution in [0.5, 0.6) is 0 Å². The summed E-state index contributed by atoms with van der Waals surface area (Å²) in [6, 6.07) is 0. The molecule has 0 aromatic carbocycles. The van der Waals surface area contributed by atoms with Crippen molar-refractivity contribution < 1.29 is 14.9 Å². The molecule has 0 bridgehead atoms. The fourth-order valence-corrected chi connectivity index (χ4v) is 1.33. The molecule has 0 saturated carbocycles. The Morgan fingerprint density at radius 2 is 2.45 bits per heavy atom. The predicted octanol–water partition coefficient (Wildman–Crippen LogP) is -0.0693. The molecule has 64 valence electrons. The summed E-state index contributed by atoms with van der Waals surface area (Å²) in [5, 5.41) is 18.5. The average Bonchev–Trinajstić information content (AvgIpc) is 2.32. The number of aliphatic hydroxyl groups excluding tert-OH is 2. The van der Waals surface area contributed by atoms with Crippen LogP contribution in [0.25, 0.3) is 0 Å². The molecule has 0 aliphatic carbocycles. The Labute approximate surface area is 66.3 Å². The van der Waals surface area contributed by atoms with Crippen LogP contribution in [0.2, 0.25) is 0 Å². The van der Waals surface area contributed by atoms with Crippen LogP contribution in [0.3, 0.4) is 0 Å². The zero-order valence-electron chi connectivity index (χ0n) is 6.66. The Morgan fingerprint density at radius 1 is 1.82 bits per heavy atom. The summed E-state index contributed by atoms with van der Waals surface area (Å²) in [4.78, 5) is 0. The molecule has 3 unspecified atom stereocenters. The minimum Gasteiger partial charge on any atom is -0.393 e. The summed E-state index contributed by atoms with van der Waals surface area (Å²) in [5.41, 5.74) is -0.917. The maximum absolute atomic E-state index is 9.55. The van der Waals surface area contributed by atoms with Gasteiger partial charge in [-0.15, -0.1) is 6.58 Å². The van der Waals surface area contributed by atoms with Gasteiger partial charge in [0, 0.05) is 5.92 Å². The third-order valence-corrected chi connectivity index (χ3v) is 2.25. The minimum absolute atomic E-state index is 0.0696. The molecule has 0 spiro atoms. The molecule has 1 rings (SSSR count). The fraction of sp³-hybridized carbons (Fsp3) is 0.750. The van der Waals surface area contributed by atoms with Crippen LogP contribution in [-0.4, -0.2) is 35.1 Å². The first-order chi connectivity index (χ1) is 5.16. The van der Waals surface area contributed by atoms with Gasteiger partial charge in [0.2, 0.25) is 0 Å². The first-order valence-corrected chi connectivity index (χ1v) is 3.73. The lowest BCUT2D eigenvalue weighted by Crippen LogP contribution is -2.42. The highest BCUT2D eigenvalue weighted by Crippen LogP contribution is 2.30. The normalized spacial score (nSPS) is 44.3. The number of hydrogen-bond acceptors (Lipinski definition) is 3. The van der Waals surface area contributed by atoms with E-state index in [2.05, 4.69) is 6.58 Å². The van der Waals surface area contributed by atoms with Gasteiger partial charge in [-0.25, -0.2) is 0 Å². The van der Waals surface area contributed by atoms with Gasteiger partial charge < -0.3 is 14.9 Å². The quantitative estimate of drug-likeness (QED) is 0.553. The lowest BCUT2D eigenvalue weighted by Gasteiger charge is -2.26. The molecule has 1 heterocycles. The molecule has 11 heavy (non-hydrogen) atoms. The van der Waals surface area contributed by atoms with E-state index in [1.165, 1.54) is 6.08 Å². The van der Waals surface area contributed by atoms with Crippen molar-refractivity contribution in [3.05, 3.63) is 12.7 Å². The van der Waals surface area contributed by atoms with Crippen molar-refractivity contribution in [2.45, 2.75) is 18.6 Å². The van der Waals surface area contributed by atoms with E-state index in [0.29, 0.717) is 6.61 Å². The number of rotatable bonds is 2. The zero-order chi connectivity index (χ0) is 8.48. The maximum Gasteiger partial charge on any atom is 0.135 e. The molecule has 3 heteroatoms. The number of aliphatic hydroxyl groups is 2. The summed E-state index contributed by atoms with van der Waals surface area (Å²) in [7, 11) is 0. The van der Waals surface area contributed by atoms with Gasteiger partial charge in [0.1, 0.15) is 5.60 Å². The summed E-state index contributed by atoms with van der Waals surface area (Å²) < 4.78 is 5.25. The van der Waals surface area contributed by atoms with Gasteiger partial charge in [-0.1, -0.05) is 13.0 Å². The second kappa shape index (κ2) is 2.93. The highest BCUT2D eigenvalue weighted by molar-refractivity contribution is 5.07. The van der Waals surface area contributed by atoms with E-state index in [4.69, 9.17) is 9.84 Å². The zero-order valence-corrected chi connectivity index (χ0v) is 6.66. The smallest absolute Gasteiger partial charge is 0.135 e. The van der Waals surface area contributed by atoms with Crippen molar-refractivity contribution in [3.8, 4) is 0 Å². The first kappa shape index (κ1) is 8.71. The highest BCUT2D eigenvalue weighted by atomic mass is 16.5. The Bertz CT molecular complexity index is 157. The van der Waals surface area contributed by atoms with Crippen LogP contribution in [0.4, 0.5) is 0 Å². The van der Waals surface area contributed by atoms with E-state index in [-0.39, 0.29) is 12.5 Å². The van der Waals surface area contributed by atoms with Crippen molar-refractivity contribution in [3.63, 3.8) is 0 Å². The van der Waals surface area contributed by atoms with Crippen molar-refractivity contribution in [1.82, 2.24) is 0 Å². The lowest BCUT2D eigenvalue weighted by molar-refractivity contribution is -0.0565. The fourth-order valence-electron chi connectivity index (χ4n) is 1.33. The Hall–Kier alpha value is -0.380. The number of hydrogen-bond donors (Lipinski definition) is 2. The molecule has 2 N–H and O–H groups in total. The third-order valence-electron chi connectivity index (χ3n) is 2.25. The van der Waals surface area contributed by atoms with Gasteiger partial charge in [0.15, 0.2) is 0 Å². The van der Waals surface area contributed by atoms with Gasteiger partial charge in [-0.3, -0.25) is 0 Å². The van der Waals surface area contributed by atoms with Crippen LogP contribution in [0, 0.1) is 5.92 Å². The molecular weight excluding hydrogens is 144 g/mol. The van der Waals surface area contributed by atoms with E-state index < -0.39 is 11.7 Å². The molecule has 0 aromatic heterocycles. The van der Waals surface area contributed by atoms with Crippen LogP contribution in [0.15, 0.2) is 12.7 Å². The second-order valence-electron chi connectivity index (χ2n) is 3.05. The molecule has 0 aromatic rings. The predicted molar refractivity (Wildman–Crippen MR) is 41.1 cm³/mol. The molecule has 0 amide bonds. The first-order valence-electron chi connectivity index (χ1n) is 3.73. The van der Waals surface area contributed by atoms with Crippen molar-refractivity contribution in [1.29, 1.82) is 0 Å². The van der Waals surface area contributed by atoms with Crippen molar-refractivity contribution in [2.24, 2.45) is 5.92 Å². The van der Waals surface area contributed by atoms with Crippen molar-refractivity contribution in [2.75, 3.05) is 13.2 Å². The van der Waals surface area contributed by atoms with E-state index in [1.807, 2.05) is 6.92 Å². The SMILES string of the molecule is C=CC1(CO)OCC(C)C1O. The maximum atomic E-state index is 9.55. The monoisotopic (exact) mass is 158 g/mol. The molecule has 1 aliphatic rings. The molecule has 1 aliphatic heterocycles. The Balaban J connectivity index is 2.77. The van der Waals surface area contributed by atoms with Crippen LogP contribution >= 0.6 is 0 Å². The van der Waals surface area contributed by atoms with Crippen LogP contribution in [-0.2, 0) is 4.74 Å². The van der Waals surface area contributed by atoms with Gasteiger partial charge in [0.25, 0.3) is 0 Å². The topological polar surface area (TPSA) is 49.7 Å². The molecule has 3 nitrogen and oxygen atoms in total. The van der Waals surface area contributed by atoms with Crippen molar-refractivity contribution >= 4 is 0 Å². The highest BCUT2D eigenvalue weighted by Gasteiger charge is 2.44. The van der Waals surface area contributed by atoms with Gasteiger partial charge in [0.05, 0.1) is 19.3 Å².